The maximum Gasteiger partial charge on any atom is 0.307 e. The average Bonchev–Trinajstić information content (AvgIpc) is 2.30. The van der Waals surface area contributed by atoms with Gasteiger partial charge in [-0.3, -0.25) is 4.79 Å². The molecule has 0 aliphatic carbocycles. The molecule has 2 atom stereocenters. The highest BCUT2D eigenvalue weighted by molar-refractivity contribution is 5.73. The van der Waals surface area contributed by atoms with Gasteiger partial charge >= 0.3 is 5.97 Å². The van der Waals surface area contributed by atoms with Crippen molar-refractivity contribution in [1.82, 2.24) is 0 Å². The SMILES string of the molecule is C=C[C@H]1CC(=O)O[C@@H]1C(=C)C. The fraction of sp³-hybridized carbons (Fsp3) is 0.444. The maximum absolute atomic E-state index is 10.8. The van der Waals surface area contributed by atoms with Crippen LogP contribution in [0.1, 0.15) is 13.3 Å². The lowest BCUT2D eigenvalue weighted by atomic mass is 9.97. The van der Waals surface area contributed by atoms with Crippen molar-refractivity contribution in [2.75, 3.05) is 0 Å². The van der Waals surface area contributed by atoms with E-state index in [1.807, 2.05) is 6.92 Å². The van der Waals surface area contributed by atoms with Crippen molar-refractivity contribution >= 4 is 5.97 Å². The van der Waals surface area contributed by atoms with Gasteiger partial charge in [-0.15, -0.1) is 6.58 Å². The van der Waals surface area contributed by atoms with Gasteiger partial charge in [-0.2, -0.15) is 0 Å². The number of esters is 1. The van der Waals surface area contributed by atoms with Crippen LogP contribution in [0, 0.1) is 5.92 Å². The molecule has 1 heterocycles. The van der Waals surface area contributed by atoms with Crippen LogP contribution >= 0.6 is 0 Å². The molecular weight excluding hydrogens is 140 g/mol. The van der Waals surface area contributed by atoms with Crippen LogP contribution in [0.3, 0.4) is 0 Å². The minimum absolute atomic E-state index is 0.125. The molecule has 0 N–H and O–H groups in total. The second kappa shape index (κ2) is 2.91. The highest BCUT2D eigenvalue weighted by Gasteiger charge is 2.32. The summed E-state index contributed by atoms with van der Waals surface area (Å²) in [6, 6.07) is 0. The standard InChI is InChI=1S/C9H12O2/c1-4-7-5-8(10)11-9(7)6(2)3/h4,7,9H,1-2,5H2,3H3/t7-,9+/m0/s1. The molecule has 1 fully saturated rings. The fourth-order valence-electron chi connectivity index (χ4n) is 1.25. The molecule has 0 aromatic rings. The molecule has 0 unspecified atom stereocenters. The molecule has 0 aromatic heterocycles. The van der Waals surface area contributed by atoms with Gasteiger partial charge in [-0.25, -0.2) is 0 Å². The lowest BCUT2D eigenvalue weighted by Gasteiger charge is -2.12. The third-order valence-corrected chi connectivity index (χ3v) is 1.84. The summed E-state index contributed by atoms with van der Waals surface area (Å²) < 4.78 is 5.02. The van der Waals surface area contributed by atoms with Gasteiger partial charge in [-0.1, -0.05) is 12.7 Å². The molecule has 0 saturated carbocycles. The van der Waals surface area contributed by atoms with E-state index in [-0.39, 0.29) is 18.0 Å². The van der Waals surface area contributed by atoms with Gasteiger partial charge in [0, 0.05) is 5.92 Å². The lowest BCUT2D eigenvalue weighted by Crippen LogP contribution is -2.14. The number of carbonyl (C=O) groups is 1. The fourth-order valence-corrected chi connectivity index (χ4v) is 1.25. The van der Waals surface area contributed by atoms with Crippen LogP contribution in [-0.2, 0) is 9.53 Å². The summed E-state index contributed by atoms with van der Waals surface area (Å²) in [5, 5.41) is 0. The first-order chi connectivity index (χ1) is 5.15. The van der Waals surface area contributed by atoms with Gasteiger partial charge in [0.15, 0.2) is 0 Å². The Balaban J connectivity index is 2.72. The van der Waals surface area contributed by atoms with Crippen molar-refractivity contribution in [3.63, 3.8) is 0 Å². The Labute approximate surface area is 66.5 Å². The van der Waals surface area contributed by atoms with E-state index in [1.165, 1.54) is 0 Å². The van der Waals surface area contributed by atoms with Gasteiger partial charge in [0.05, 0.1) is 6.42 Å². The van der Waals surface area contributed by atoms with E-state index in [1.54, 1.807) is 6.08 Å². The van der Waals surface area contributed by atoms with Crippen LogP contribution < -0.4 is 0 Å². The first-order valence-corrected chi connectivity index (χ1v) is 3.62. The maximum atomic E-state index is 10.8. The summed E-state index contributed by atoms with van der Waals surface area (Å²) in [6.45, 7) is 9.24. The highest BCUT2D eigenvalue weighted by Crippen LogP contribution is 2.27. The zero-order valence-corrected chi connectivity index (χ0v) is 6.67. The summed E-state index contributed by atoms with van der Waals surface area (Å²) in [4.78, 5) is 10.8. The van der Waals surface area contributed by atoms with Crippen molar-refractivity contribution in [3.8, 4) is 0 Å². The average molecular weight is 152 g/mol. The van der Waals surface area contributed by atoms with Crippen molar-refractivity contribution in [3.05, 3.63) is 24.8 Å². The monoisotopic (exact) mass is 152 g/mol. The second-order valence-electron chi connectivity index (χ2n) is 2.86. The Kier molecular flexibility index (Phi) is 2.13. The topological polar surface area (TPSA) is 26.3 Å². The van der Waals surface area contributed by atoms with E-state index in [9.17, 15) is 4.79 Å². The Morgan fingerprint density at radius 3 is 2.82 bits per heavy atom. The number of carbonyl (C=O) groups excluding carboxylic acids is 1. The summed E-state index contributed by atoms with van der Waals surface area (Å²) >= 11 is 0. The number of ether oxygens (including phenoxy) is 1. The van der Waals surface area contributed by atoms with Crippen molar-refractivity contribution in [2.24, 2.45) is 5.92 Å². The summed E-state index contributed by atoms with van der Waals surface area (Å²) in [7, 11) is 0. The smallest absolute Gasteiger partial charge is 0.307 e. The largest absolute Gasteiger partial charge is 0.457 e. The molecule has 0 spiro atoms. The van der Waals surface area contributed by atoms with E-state index in [0.29, 0.717) is 6.42 Å². The molecule has 1 aliphatic heterocycles. The molecular formula is C9H12O2. The number of hydrogen-bond donors (Lipinski definition) is 0. The van der Waals surface area contributed by atoms with Gasteiger partial charge < -0.3 is 4.74 Å². The number of rotatable bonds is 2. The molecule has 1 rings (SSSR count). The molecule has 60 valence electrons. The second-order valence-corrected chi connectivity index (χ2v) is 2.86. The Hall–Kier alpha value is -1.05. The Morgan fingerprint density at radius 2 is 2.45 bits per heavy atom. The molecule has 1 aliphatic rings. The minimum Gasteiger partial charge on any atom is -0.457 e. The lowest BCUT2D eigenvalue weighted by molar-refractivity contribution is -0.140. The molecule has 11 heavy (non-hydrogen) atoms. The first-order valence-electron chi connectivity index (χ1n) is 3.62. The third kappa shape index (κ3) is 1.50. The van der Waals surface area contributed by atoms with Crippen LogP contribution in [0.4, 0.5) is 0 Å². The van der Waals surface area contributed by atoms with Crippen LogP contribution in [0.25, 0.3) is 0 Å². The summed E-state index contributed by atoms with van der Waals surface area (Å²) in [6.07, 6.45) is 2.06. The summed E-state index contributed by atoms with van der Waals surface area (Å²) in [5.74, 6) is -0.0251. The Bertz CT molecular complexity index is 206. The first kappa shape index (κ1) is 8.05. The summed E-state index contributed by atoms with van der Waals surface area (Å²) in [5.41, 5.74) is 0.890. The van der Waals surface area contributed by atoms with Crippen molar-refractivity contribution in [1.29, 1.82) is 0 Å². The van der Waals surface area contributed by atoms with E-state index in [0.717, 1.165) is 5.57 Å². The Morgan fingerprint density at radius 1 is 1.82 bits per heavy atom. The molecule has 0 aromatic carbocycles. The van der Waals surface area contributed by atoms with Crippen molar-refractivity contribution < 1.29 is 9.53 Å². The third-order valence-electron chi connectivity index (χ3n) is 1.84. The minimum atomic E-state index is -0.150. The molecule has 0 bridgehead atoms. The van der Waals surface area contributed by atoms with E-state index in [2.05, 4.69) is 13.2 Å². The molecule has 2 nitrogen and oxygen atoms in total. The molecule has 0 amide bonds. The van der Waals surface area contributed by atoms with Gasteiger partial charge in [-0.05, 0) is 12.5 Å². The van der Waals surface area contributed by atoms with Crippen LogP contribution in [-0.4, -0.2) is 12.1 Å². The molecule has 1 saturated heterocycles. The zero-order chi connectivity index (χ0) is 8.43. The predicted molar refractivity (Wildman–Crippen MR) is 43.0 cm³/mol. The molecule has 2 heteroatoms. The quantitative estimate of drug-likeness (QED) is 0.444. The van der Waals surface area contributed by atoms with E-state index < -0.39 is 0 Å². The number of cyclic esters (lactones) is 1. The van der Waals surface area contributed by atoms with E-state index in [4.69, 9.17) is 4.74 Å². The predicted octanol–water partition coefficient (Wildman–Crippen LogP) is 1.68. The number of hydrogen-bond acceptors (Lipinski definition) is 2. The van der Waals surface area contributed by atoms with E-state index >= 15 is 0 Å². The zero-order valence-electron chi connectivity index (χ0n) is 6.67. The van der Waals surface area contributed by atoms with Crippen molar-refractivity contribution in [2.45, 2.75) is 19.4 Å². The normalized spacial score (nSPS) is 29.7. The molecule has 0 radical (unpaired) electrons. The highest BCUT2D eigenvalue weighted by atomic mass is 16.5. The van der Waals surface area contributed by atoms with Gasteiger partial charge in [0.25, 0.3) is 0 Å². The van der Waals surface area contributed by atoms with Gasteiger partial charge in [0.1, 0.15) is 6.10 Å². The van der Waals surface area contributed by atoms with Gasteiger partial charge in [0.2, 0.25) is 0 Å². The van der Waals surface area contributed by atoms with Crippen LogP contribution in [0.5, 0.6) is 0 Å². The van der Waals surface area contributed by atoms with Crippen LogP contribution in [0.2, 0.25) is 0 Å². The van der Waals surface area contributed by atoms with Crippen LogP contribution in [0.15, 0.2) is 24.8 Å².